The van der Waals surface area contributed by atoms with Crippen LogP contribution in [0.5, 0.6) is 0 Å². The van der Waals surface area contributed by atoms with E-state index < -0.39 is 14.6 Å². The van der Waals surface area contributed by atoms with E-state index in [0.29, 0.717) is 5.96 Å². The van der Waals surface area contributed by atoms with Crippen LogP contribution >= 0.6 is 24.0 Å². The summed E-state index contributed by atoms with van der Waals surface area (Å²) < 4.78 is 23.7. The van der Waals surface area contributed by atoms with Crippen LogP contribution in [-0.4, -0.2) is 49.5 Å². The minimum absolute atomic E-state index is 0. The summed E-state index contributed by atoms with van der Waals surface area (Å²) in [6, 6.07) is 8.29. The zero-order chi connectivity index (χ0) is 20.1. The summed E-state index contributed by atoms with van der Waals surface area (Å²) in [5.74, 6) is 0.702. The van der Waals surface area contributed by atoms with Crippen LogP contribution in [-0.2, 0) is 16.3 Å². The van der Waals surface area contributed by atoms with E-state index in [0.717, 1.165) is 25.0 Å². The van der Waals surface area contributed by atoms with Gasteiger partial charge >= 0.3 is 0 Å². The molecule has 1 heterocycles. The van der Waals surface area contributed by atoms with Crippen molar-refractivity contribution in [2.45, 2.75) is 45.8 Å². The van der Waals surface area contributed by atoms with Gasteiger partial charge in [-0.1, -0.05) is 18.2 Å². The third-order valence-corrected chi connectivity index (χ3v) is 7.19. The Kier molecular flexibility index (Phi) is 9.26. The Morgan fingerprint density at radius 3 is 2.50 bits per heavy atom. The molecular weight excluding hydrogens is 487 g/mol. The van der Waals surface area contributed by atoms with E-state index in [1.165, 1.54) is 16.6 Å². The molecule has 0 aliphatic carbocycles. The second kappa shape index (κ2) is 10.5. The zero-order valence-electron chi connectivity index (χ0n) is 17.4. The van der Waals surface area contributed by atoms with Crippen molar-refractivity contribution in [1.29, 1.82) is 0 Å². The van der Waals surface area contributed by atoms with Crippen LogP contribution in [0.1, 0.15) is 39.0 Å². The van der Waals surface area contributed by atoms with Gasteiger partial charge in [-0.3, -0.25) is 4.99 Å². The van der Waals surface area contributed by atoms with E-state index in [1.54, 1.807) is 20.8 Å². The fraction of sp³-hybridized carbons (Fsp3) is 0.550. The second-order valence-electron chi connectivity index (χ2n) is 7.64. The maximum atomic E-state index is 12.2. The van der Waals surface area contributed by atoms with Crippen LogP contribution in [0.25, 0.3) is 10.9 Å². The summed E-state index contributed by atoms with van der Waals surface area (Å²) in [6.07, 6.45) is 0.862. The molecule has 0 atom stereocenters. The topological polar surface area (TPSA) is 86.3 Å². The highest BCUT2D eigenvalue weighted by Gasteiger charge is 2.28. The van der Waals surface area contributed by atoms with Crippen LogP contribution in [0.4, 0.5) is 0 Å². The normalized spacial score (nSPS) is 12.7. The Hall–Kier alpha value is -1.29. The Balaban J connectivity index is 0.00000392. The molecule has 1 aromatic heterocycles. The molecule has 0 amide bonds. The van der Waals surface area contributed by atoms with E-state index >= 15 is 0 Å². The Bertz CT molecular complexity index is 899. The number of guanidine groups is 1. The van der Waals surface area contributed by atoms with Crippen molar-refractivity contribution in [1.82, 2.24) is 15.6 Å². The summed E-state index contributed by atoms with van der Waals surface area (Å²) in [6.45, 7) is 10.9. The maximum absolute atomic E-state index is 12.2. The molecule has 158 valence electrons. The summed E-state index contributed by atoms with van der Waals surface area (Å²) >= 11 is 0. The molecule has 8 heteroatoms. The van der Waals surface area contributed by atoms with Gasteiger partial charge in [-0.05, 0) is 52.7 Å². The van der Waals surface area contributed by atoms with E-state index in [-0.39, 0.29) is 36.3 Å². The SMILES string of the molecule is CCNC(=NCCS(=O)(=O)C(C)(C)C)NCCc1c(C)[nH]c2ccccc12.I. The van der Waals surface area contributed by atoms with E-state index in [9.17, 15) is 8.42 Å². The molecule has 0 radical (unpaired) electrons. The van der Waals surface area contributed by atoms with Gasteiger partial charge in [0.05, 0.1) is 17.0 Å². The van der Waals surface area contributed by atoms with Crippen LogP contribution < -0.4 is 10.6 Å². The lowest BCUT2D eigenvalue weighted by Gasteiger charge is -2.18. The van der Waals surface area contributed by atoms with Crippen molar-refractivity contribution in [3.63, 3.8) is 0 Å². The first-order valence-electron chi connectivity index (χ1n) is 9.46. The fourth-order valence-electron chi connectivity index (χ4n) is 2.89. The number of halogens is 1. The average molecular weight is 520 g/mol. The second-order valence-corrected chi connectivity index (χ2v) is 10.5. The summed E-state index contributed by atoms with van der Waals surface area (Å²) in [5, 5.41) is 7.73. The molecule has 0 aliphatic rings. The molecule has 0 saturated carbocycles. The molecule has 3 N–H and O–H groups in total. The fourth-order valence-corrected chi connectivity index (χ4v) is 3.83. The molecule has 0 fully saturated rings. The lowest BCUT2D eigenvalue weighted by atomic mass is 10.1. The highest BCUT2D eigenvalue weighted by atomic mass is 127. The van der Waals surface area contributed by atoms with Crippen molar-refractivity contribution >= 4 is 50.7 Å². The number of nitrogens with zero attached hydrogens (tertiary/aromatic N) is 1. The van der Waals surface area contributed by atoms with Crippen molar-refractivity contribution in [2.24, 2.45) is 4.99 Å². The number of hydrogen-bond acceptors (Lipinski definition) is 3. The number of benzene rings is 1. The summed E-state index contributed by atoms with van der Waals surface area (Å²) in [4.78, 5) is 7.84. The number of hydrogen-bond donors (Lipinski definition) is 3. The molecule has 2 aromatic rings. The number of H-pyrrole nitrogens is 1. The smallest absolute Gasteiger partial charge is 0.191 e. The number of rotatable bonds is 7. The standard InChI is InChI=1S/C20H32N4O2S.HI/c1-6-21-19(23-13-14-27(25,26)20(3,4)5)22-12-11-16-15(2)24-18-10-8-7-9-17(16)18;/h7-10,24H,6,11-14H2,1-5H3,(H2,21,22,23);1H. The minimum atomic E-state index is -3.16. The van der Waals surface area contributed by atoms with Gasteiger partial charge in [0.25, 0.3) is 0 Å². The average Bonchev–Trinajstić information content (AvgIpc) is 2.89. The number of para-hydroxylation sites is 1. The van der Waals surface area contributed by atoms with Gasteiger partial charge in [0.1, 0.15) is 0 Å². The third kappa shape index (κ3) is 6.37. The van der Waals surface area contributed by atoms with Crippen molar-refractivity contribution in [3.8, 4) is 0 Å². The molecule has 0 spiro atoms. The van der Waals surface area contributed by atoms with E-state index in [1.807, 2.05) is 19.1 Å². The van der Waals surface area contributed by atoms with Crippen LogP contribution in [0.3, 0.4) is 0 Å². The Morgan fingerprint density at radius 1 is 1.18 bits per heavy atom. The van der Waals surface area contributed by atoms with Gasteiger partial charge in [0, 0.05) is 29.7 Å². The van der Waals surface area contributed by atoms with Gasteiger partial charge in [-0.25, -0.2) is 8.42 Å². The van der Waals surface area contributed by atoms with E-state index in [2.05, 4.69) is 39.7 Å². The Labute approximate surface area is 185 Å². The third-order valence-electron chi connectivity index (χ3n) is 4.60. The maximum Gasteiger partial charge on any atom is 0.191 e. The number of nitrogens with one attached hydrogen (secondary N) is 3. The number of aromatic nitrogens is 1. The van der Waals surface area contributed by atoms with Crippen molar-refractivity contribution < 1.29 is 8.42 Å². The largest absolute Gasteiger partial charge is 0.358 e. The van der Waals surface area contributed by atoms with Crippen molar-refractivity contribution in [3.05, 3.63) is 35.5 Å². The Morgan fingerprint density at radius 2 is 1.86 bits per heavy atom. The van der Waals surface area contributed by atoms with E-state index in [4.69, 9.17) is 0 Å². The van der Waals surface area contributed by atoms with Crippen molar-refractivity contribution in [2.75, 3.05) is 25.4 Å². The number of sulfone groups is 1. The zero-order valence-corrected chi connectivity index (χ0v) is 20.6. The molecule has 1 aromatic carbocycles. The molecule has 0 aliphatic heterocycles. The van der Waals surface area contributed by atoms with Crippen LogP contribution in [0.2, 0.25) is 0 Å². The molecule has 6 nitrogen and oxygen atoms in total. The predicted octanol–water partition coefficient (Wildman–Crippen LogP) is 3.41. The molecule has 2 rings (SSSR count). The molecule has 0 saturated heterocycles. The van der Waals surface area contributed by atoms with Gasteiger partial charge < -0.3 is 15.6 Å². The molecular formula is C20H33IN4O2S. The highest BCUT2D eigenvalue weighted by molar-refractivity contribution is 14.0. The van der Waals surface area contributed by atoms with Gasteiger partial charge in [0.15, 0.2) is 15.8 Å². The molecule has 0 bridgehead atoms. The lowest BCUT2D eigenvalue weighted by molar-refractivity contribution is 0.560. The van der Waals surface area contributed by atoms with Gasteiger partial charge in [-0.15, -0.1) is 24.0 Å². The summed E-state index contributed by atoms with van der Waals surface area (Å²) in [7, 11) is -3.16. The number of fused-ring (bicyclic) bond motifs is 1. The number of aromatic amines is 1. The number of aryl methyl sites for hydroxylation is 1. The van der Waals surface area contributed by atoms with Gasteiger partial charge in [-0.2, -0.15) is 0 Å². The first-order chi connectivity index (χ1) is 12.7. The first-order valence-corrected chi connectivity index (χ1v) is 11.1. The minimum Gasteiger partial charge on any atom is -0.358 e. The van der Waals surface area contributed by atoms with Crippen LogP contribution in [0.15, 0.2) is 29.3 Å². The first kappa shape index (κ1) is 24.7. The monoisotopic (exact) mass is 520 g/mol. The van der Waals surface area contributed by atoms with Crippen LogP contribution in [0, 0.1) is 6.92 Å². The van der Waals surface area contributed by atoms with Gasteiger partial charge in [0.2, 0.25) is 0 Å². The highest BCUT2D eigenvalue weighted by Crippen LogP contribution is 2.21. The lowest BCUT2D eigenvalue weighted by Crippen LogP contribution is -2.39. The number of aliphatic imine (C=N–C) groups is 1. The quantitative estimate of drug-likeness (QED) is 0.297. The summed E-state index contributed by atoms with van der Waals surface area (Å²) in [5.41, 5.74) is 3.62. The predicted molar refractivity (Wildman–Crippen MR) is 130 cm³/mol. The molecule has 0 unspecified atom stereocenters. The molecule has 28 heavy (non-hydrogen) atoms.